The first-order chi connectivity index (χ1) is 11.3. The van der Waals surface area contributed by atoms with E-state index in [2.05, 4.69) is 22.4 Å². The van der Waals surface area contributed by atoms with E-state index in [-0.39, 0.29) is 20.9 Å². The van der Waals surface area contributed by atoms with Crippen LogP contribution in [0, 0.1) is 0 Å². The van der Waals surface area contributed by atoms with Crippen molar-refractivity contribution in [2.45, 2.75) is 5.32 Å². The zero-order valence-corrected chi connectivity index (χ0v) is 14.2. The Kier molecular flexibility index (Phi) is 5.20. The summed E-state index contributed by atoms with van der Waals surface area (Å²) < 4.78 is 1.12. The van der Waals surface area contributed by atoms with Gasteiger partial charge in [-0.2, -0.15) is 0 Å². The molecule has 0 saturated heterocycles. The van der Waals surface area contributed by atoms with E-state index >= 15 is 0 Å². The van der Waals surface area contributed by atoms with Crippen LogP contribution in [-0.4, -0.2) is 25.8 Å². The Bertz CT molecular complexity index is 776. The van der Waals surface area contributed by atoms with E-state index < -0.39 is 0 Å². The molecule has 3 rings (SSSR count). The molecular formula is C19H16N2OSe. The van der Waals surface area contributed by atoms with E-state index in [4.69, 9.17) is 0 Å². The van der Waals surface area contributed by atoms with Gasteiger partial charge in [0.15, 0.2) is 0 Å². The van der Waals surface area contributed by atoms with Gasteiger partial charge in [-0.15, -0.1) is 0 Å². The van der Waals surface area contributed by atoms with Crippen molar-refractivity contribution in [1.82, 2.24) is 4.98 Å². The summed E-state index contributed by atoms with van der Waals surface area (Å²) in [6.45, 7) is 0. The van der Waals surface area contributed by atoms with Crippen LogP contribution in [0.25, 0.3) is 0 Å². The fourth-order valence-corrected chi connectivity index (χ4v) is 4.26. The molecule has 0 radical (unpaired) electrons. The van der Waals surface area contributed by atoms with Crippen LogP contribution in [0.1, 0.15) is 15.9 Å². The van der Waals surface area contributed by atoms with E-state index in [0.29, 0.717) is 0 Å². The van der Waals surface area contributed by atoms with Crippen molar-refractivity contribution >= 4 is 31.0 Å². The van der Waals surface area contributed by atoms with E-state index in [0.717, 1.165) is 21.0 Å². The Morgan fingerprint density at radius 1 is 0.913 bits per heavy atom. The number of hydrogen-bond acceptors (Lipinski definition) is 2. The van der Waals surface area contributed by atoms with Crippen LogP contribution in [0.3, 0.4) is 0 Å². The number of benzene rings is 2. The second kappa shape index (κ2) is 7.72. The van der Waals surface area contributed by atoms with Crippen LogP contribution in [0.2, 0.25) is 0 Å². The standard InChI is InChI=1S/C19H16N2OSe/c22-19(21-16-10-12-20-13-11-16)17-8-4-5-9-18(17)23-14-15-6-2-1-3-7-15/h1-13H,14H2,(H,20,21,22). The molecule has 3 nitrogen and oxygen atoms in total. The number of carbonyl (C=O) groups is 1. The van der Waals surface area contributed by atoms with Gasteiger partial charge in [-0.25, -0.2) is 0 Å². The molecule has 0 atom stereocenters. The summed E-state index contributed by atoms with van der Waals surface area (Å²) in [6, 6.07) is 21.8. The van der Waals surface area contributed by atoms with Crippen molar-refractivity contribution in [3.8, 4) is 0 Å². The molecule has 0 aliphatic carbocycles. The van der Waals surface area contributed by atoms with Gasteiger partial charge in [-0.1, -0.05) is 0 Å². The molecular weight excluding hydrogens is 351 g/mol. The van der Waals surface area contributed by atoms with Crippen molar-refractivity contribution in [3.05, 3.63) is 90.3 Å². The molecule has 0 bridgehead atoms. The van der Waals surface area contributed by atoms with Crippen molar-refractivity contribution in [1.29, 1.82) is 0 Å². The summed E-state index contributed by atoms with van der Waals surface area (Å²) in [4.78, 5) is 16.5. The van der Waals surface area contributed by atoms with Gasteiger partial charge in [-0.3, -0.25) is 0 Å². The average molecular weight is 367 g/mol. The Hall–Kier alpha value is -2.42. The van der Waals surface area contributed by atoms with Crippen LogP contribution in [0.5, 0.6) is 0 Å². The molecule has 0 saturated carbocycles. The third-order valence-corrected chi connectivity index (χ3v) is 5.71. The van der Waals surface area contributed by atoms with E-state index in [9.17, 15) is 4.79 Å². The third kappa shape index (κ3) is 4.28. The molecule has 2 aromatic carbocycles. The molecule has 4 heteroatoms. The van der Waals surface area contributed by atoms with Crippen molar-refractivity contribution < 1.29 is 4.79 Å². The third-order valence-electron chi connectivity index (χ3n) is 3.31. The number of anilines is 1. The molecule has 3 aromatic rings. The quantitative estimate of drug-likeness (QED) is 0.705. The van der Waals surface area contributed by atoms with E-state index in [1.165, 1.54) is 5.56 Å². The first kappa shape index (κ1) is 15.5. The van der Waals surface area contributed by atoms with Gasteiger partial charge in [-0.05, 0) is 0 Å². The maximum absolute atomic E-state index is 12.5. The van der Waals surface area contributed by atoms with Gasteiger partial charge in [0, 0.05) is 0 Å². The van der Waals surface area contributed by atoms with Crippen LogP contribution in [0.15, 0.2) is 79.1 Å². The monoisotopic (exact) mass is 368 g/mol. The zero-order chi connectivity index (χ0) is 15.9. The maximum atomic E-state index is 12.5. The number of hydrogen-bond donors (Lipinski definition) is 1. The molecule has 1 heterocycles. The van der Waals surface area contributed by atoms with Gasteiger partial charge >= 0.3 is 142 Å². The molecule has 0 fully saturated rings. The number of pyridine rings is 1. The van der Waals surface area contributed by atoms with Crippen molar-refractivity contribution in [2.75, 3.05) is 5.32 Å². The molecule has 1 N–H and O–H groups in total. The minimum absolute atomic E-state index is 0.0678. The van der Waals surface area contributed by atoms with Crippen molar-refractivity contribution in [3.63, 3.8) is 0 Å². The predicted octanol–water partition coefficient (Wildman–Crippen LogP) is 2.86. The van der Waals surface area contributed by atoms with Crippen LogP contribution >= 0.6 is 0 Å². The predicted molar refractivity (Wildman–Crippen MR) is 94.2 cm³/mol. The van der Waals surface area contributed by atoms with Gasteiger partial charge < -0.3 is 0 Å². The molecule has 0 spiro atoms. The topological polar surface area (TPSA) is 42.0 Å². The van der Waals surface area contributed by atoms with Crippen molar-refractivity contribution in [2.24, 2.45) is 0 Å². The van der Waals surface area contributed by atoms with Gasteiger partial charge in [0.25, 0.3) is 0 Å². The number of carbonyl (C=O) groups excluding carboxylic acids is 1. The van der Waals surface area contributed by atoms with Gasteiger partial charge in [0.2, 0.25) is 0 Å². The fraction of sp³-hybridized carbons (Fsp3) is 0.0526. The number of nitrogens with zero attached hydrogens (tertiary/aromatic N) is 1. The SMILES string of the molecule is O=C(Nc1ccncc1)c1ccccc1[Se]Cc1ccccc1. The number of rotatable bonds is 5. The van der Waals surface area contributed by atoms with Gasteiger partial charge in [0.1, 0.15) is 0 Å². The summed E-state index contributed by atoms with van der Waals surface area (Å²) in [6.07, 6.45) is 3.34. The Balaban J connectivity index is 1.73. The second-order valence-corrected chi connectivity index (χ2v) is 7.09. The summed E-state index contributed by atoms with van der Waals surface area (Å²) in [5.74, 6) is -0.0678. The summed E-state index contributed by atoms with van der Waals surface area (Å²) in [5.41, 5.74) is 2.81. The van der Waals surface area contributed by atoms with Crippen LogP contribution in [0.4, 0.5) is 5.69 Å². The molecule has 0 aliphatic rings. The number of amides is 1. The number of nitrogens with one attached hydrogen (secondary N) is 1. The first-order valence-electron chi connectivity index (χ1n) is 7.30. The van der Waals surface area contributed by atoms with E-state index in [1.807, 2.05) is 42.5 Å². The Labute approximate surface area is 141 Å². The second-order valence-electron chi connectivity index (χ2n) is 4.96. The van der Waals surface area contributed by atoms with E-state index in [1.54, 1.807) is 24.5 Å². The first-order valence-corrected chi connectivity index (χ1v) is 9.37. The fourth-order valence-electron chi connectivity index (χ4n) is 2.15. The number of aromatic nitrogens is 1. The Morgan fingerprint density at radius 3 is 2.39 bits per heavy atom. The molecule has 114 valence electrons. The molecule has 23 heavy (non-hydrogen) atoms. The zero-order valence-electron chi connectivity index (χ0n) is 12.5. The van der Waals surface area contributed by atoms with Crippen LogP contribution < -0.4 is 9.78 Å². The summed E-state index contributed by atoms with van der Waals surface area (Å²) in [7, 11) is 0. The van der Waals surface area contributed by atoms with Gasteiger partial charge in [0.05, 0.1) is 0 Å². The molecule has 1 aromatic heterocycles. The molecule has 0 aliphatic heterocycles. The average Bonchev–Trinajstić information content (AvgIpc) is 2.62. The normalized spacial score (nSPS) is 10.3. The molecule has 0 unspecified atom stereocenters. The van der Waals surface area contributed by atoms with Crippen LogP contribution in [-0.2, 0) is 5.32 Å². The summed E-state index contributed by atoms with van der Waals surface area (Å²) >= 11 is 0.216. The Morgan fingerprint density at radius 2 is 1.61 bits per heavy atom. The minimum atomic E-state index is -0.0678. The summed E-state index contributed by atoms with van der Waals surface area (Å²) in [5, 5.41) is 3.91. The molecule has 1 amide bonds.